The maximum Gasteiger partial charge on any atom is 0.230 e. The van der Waals surface area contributed by atoms with E-state index >= 15 is 0 Å². The van der Waals surface area contributed by atoms with Crippen molar-refractivity contribution in [3.8, 4) is 0 Å². The van der Waals surface area contributed by atoms with E-state index in [1.807, 2.05) is 12.1 Å². The van der Waals surface area contributed by atoms with E-state index in [0.29, 0.717) is 12.2 Å². The molecule has 1 saturated carbocycles. The summed E-state index contributed by atoms with van der Waals surface area (Å²) in [5.74, 6) is 0.612. The van der Waals surface area contributed by atoms with Crippen LogP contribution in [0.25, 0.3) is 5.65 Å². The third-order valence-corrected chi connectivity index (χ3v) is 5.58. The lowest BCUT2D eigenvalue weighted by Crippen LogP contribution is -2.43. The average Bonchev–Trinajstić information content (AvgIpc) is 3.13. The van der Waals surface area contributed by atoms with Gasteiger partial charge in [-0.25, -0.2) is 4.39 Å². The van der Waals surface area contributed by atoms with Gasteiger partial charge in [0.25, 0.3) is 0 Å². The molecule has 2 aromatic heterocycles. The molecule has 0 spiro atoms. The van der Waals surface area contributed by atoms with Gasteiger partial charge in [-0.15, -0.1) is 15.3 Å². The van der Waals surface area contributed by atoms with E-state index in [1.165, 1.54) is 12.1 Å². The van der Waals surface area contributed by atoms with Crippen LogP contribution in [0.2, 0.25) is 0 Å². The second-order valence-corrected chi connectivity index (χ2v) is 7.32. The first-order valence-electron chi connectivity index (χ1n) is 9.13. The van der Waals surface area contributed by atoms with E-state index < -0.39 is 5.41 Å². The molecule has 1 atom stereocenters. The Labute approximate surface area is 155 Å². The topological polar surface area (TPSA) is 75.4 Å². The number of halogens is 1. The van der Waals surface area contributed by atoms with Gasteiger partial charge in [-0.1, -0.05) is 12.1 Å². The van der Waals surface area contributed by atoms with Crippen LogP contribution in [0.3, 0.4) is 0 Å². The molecule has 0 radical (unpaired) electrons. The van der Waals surface area contributed by atoms with Gasteiger partial charge in [0.1, 0.15) is 18.0 Å². The summed E-state index contributed by atoms with van der Waals surface area (Å²) in [5, 5.41) is 15.5. The Balaban J connectivity index is 1.27. The molecule has 0 unspecified atom stereocenters. The van der Waals surface area contributed by atoms with Crippen LogP contribution in [0.4, 0.5) is 10.2 Å². The summed E-state index contributed by atoms with van der Waals surface area (Å²) in [6, 6.07) is 10.2. The standard InChI is InChI=1S/C19H19FN6O/c20-14-3-1-13(2-4-14)19(8-9-19)18(27)22-15-7-10-25(11-15)17-6-5-16-23-21-12-26(16)24-17/h1-6,12,15H,7-11H2,(H,22,27)/t15-/m0/s1. The zero-order valence-electron chi connectivity index (χ0n) is 14.7. The van der Waals surface area contributed by atoms with Gasteiger partial charge < -0.3 is 10.2 Å². The minimum absolute atomic E-state index is 0.0446. The molecule has 1 aromatic carbocycles. The molecule has 1 N–H and O–H groups in total. The Hall–Kier alpha value is -3.03. The minimum Gasteiger partial charge on any atom is -0.353 e. The van der Waals surface area contributed by atoms with Crippen molar-refractivity contribution in [2.45, 2.75) is 30.7 Å². The van der Waals surface area contributed by atoms with Gasteiger partial charge in [0.15, 0.2) is 5.65 Å². The lowest BCUT2D eigenvalue weighted by molar-refractivity contribution is -0.124. The van der Waals surface area contributed by atoms with Gasteiger partial charge in [0.05, 0.1) is 5.41 Å². The van der Waals surface area contributed by atoms with Crippen molar-refractivity contribution in [2.24, 2.45) is 0 Å². The Morgan fingerprint density at radius 1 is 1.19 bits per heavy atom. The van der Waals surface area contributed by atoms with Crippen molar-refractivity contribution in [2.75, 3.05) is 18.0 Å². The molecule has 2 fully saturated rings. The Kier molecular flexibility index (Phi) is 3.60. The molecule has 2 aliphatic rings. The molecule has 27 heavy (non-hydrogen) atoms. The fourth-order valence-electron chi connectivity index (χ4n) is 3.84. The molecular weight excluding hydrogens is 347 g/mol. The fraction of sp³-hybridized carbons (Fsp3) is 0.368. The highest BCUT2D eigenvalue weighted by Gasteiger charge is 2.51. The number of rotatable bonds is 4. The highest BCUT2D eigenvalue weighted by Crippen LogP contribution is 2.48. The first kappa shape index (κ1) is 16.2. The van der Waals surface area contributed by atoms with Crippen LogP contribution >= 0.6 is 0 Å². The smallest absolute Gasteiger partial charge is 0.230 e. The van der Waals surface area contributed by atoms with Crippen LogP contribution in [0.5, 0.6) is 0 Å². The predicted molar refractivity (Wildman–Crippen MR) is 96.9 cm³/mol. The Morgan fingerprint density at radius 2 is 2.00 bits per heavy atom. The molecule has 138 valence electrons. The largest absolute Gasteiger partial charge is 0.353 e. The van der Waals surface area contributed by atoms with E-state index in [4.69, 9.17) is 0 Å². The van der Waals surface area contributed by atoms with Gasteiger partial charge in [0, 0.05) is 19.1 Å². The predicted octanol–water partition coefficient (Wildman–Crippen LogP) is 1.69. The number of benzene rings is 1. The van der Waals surface area contributed by atoms with Crippen molar-refractivity contribution >= 4 is 17.4 Å². The highest BCUT2D eigenvalue weighted by molar-refractivity contribution is 5.91. The third kappa shape index (κ3) is 2.81. The molecule has 8 heteroatoms. The molecule has 7 nitrogen and oxygen atoms in total. The van der Waals surface area contributed by atoms with E-state index in [1.54, 1.807) is 23.0 Å². The van der Waals surface area contributed by atoms with Crippen molar-refractivity contribution in [3.05, 3.63) is 54.1 Å². The van der Waals surface area contributed by atoms with E-state index in [-0.39, 0.29) is 17.8 Å². The van der Waals surface area contributed by atoms with E-state index in [9.17, 15) is 9.18 Å². The molecule has 3 heterocycles. The lowest BCUT2D eigenvalue weighted by Gasteiger charge is -2.21. The molecule has 1 aliphatic carbocycles. The highest BCUT2D eigenvalue weighted by atomic mass is 19.1. The zero-order valence-corrected chi connectivity index (χ0v) is 14.7. The molecule has 3 aromatic rings. The number of nitrogens with one attached hydrogen (secondary N) is 1. The maximum atomic E-state index is 13.2. The maximum absolute atomic E-state index is 13.2. The van der Waals surface area contributed by atoms with E-state index in [2.05, 4.69) is 25.5 Å². The van der Waals surface area contributed by atoms with Crippen molar-refractivity contribution in [1.29, 1.82) is 0 Å². The minimum atomic E-state index is -0.485. The van der Waals surface area contributed by atoms with Gasteiger partial charge in [-0.2, -0.15) is 4.52 Å². The zero-order chi connectivity index (χ0) is 18.4. The summed E-state index contributed by atoms with van der Waals surface area (Å²) in [5.41, 5.74) is 1.12. The summed E-state index contributed by atoms with van der Waals surface area (Å²) in [7, 11) is 0. The Morgan fingerprint density at radius 3 is 2.78 bits per heavy atom. The van der Waals surface area contributed by atoms with Gasteiger partial charge in [0.2, 0.25) is 5.91 Å². The number of hydrogen-bond donors (Lipinski definition) is 1. The number of amides is 1. The molecular formula is C19H19FN6O. The van der Waals surface area contributed by atoms with Gasteiger partial charge >= 0.3 is 0 Å². The summed E-state index contributed by atoms with van der Waals surface area (Å²) in [6.07, 6.45) is 4.07. The normalized spacial score (nSPS) is 20.8. The molecule has 1 amide bonds. The second-order valence-electron chi connectivity index (χ2n) is 7.32. The van der Waals surface area contributed by atoms with Gasteiger partial charge in [-0.05, 0) is 49.1 Å². The summed E-state index contributed by atoms with van der Waals surface area (Å²) in [4.78, 5) is 15.0. The summed E-state index contributed by atoms with van der Waals surface area (Å²) >= 11 is 0. The number of fused-ring (bicyclic) bond motifs is 1. The average molecular weight is 366 g/mol. The van der Waals surface area contributed by atoms with E-state index in [0.717, 1.165) is 37.2 Å². The van der Waals surface area contributed by atoms with Crippen LogP contribution in [0.15, 0.2) is 42.7 Å². The van der Waals surface area contributed by atoms with Crippen LogP contribution < -0.4 is 10.2 Å². The number of carbonyl (C=O) groups is 1. The monoisotopic (exact) mass is 366 g/mol. The SMILES string of the molecule is O=C(N[C@H]1CCN(c2ccc3nncn3n2)C1)C1(c2ccc(F)cc2)CC1. The Bertz CT molecular complexity index is 997. The van der Waals surface area contributed by atoms with Crippen molar-refractivity contribution < 1.29 is 9.18 Å². The van der Waals surface area contributed by atoms with Crippen LogP contribution in [0, 0.1) is 5.82 Å². The first-order valence-corrected chi connectivity index (χ1v) is 9.13. The quantitative estimate of drug-likeness (QED) is 0.761. The van der Waals surface area contributed by atoms with Crippen molar-refractivity contribution in [3.63, 3.8) is 0 Å². The number of aromatic nitrogens is 4. The summed E-state index contributed by atoms with van der Waals surface area (Å²) < 4.78 is 14.8. The second kappa shape index (κ2) is 6.00. The summed E-state index contributed by atoms with van der Waals surface area (Å²) in [6.45, 7) is 1.54. The van der Waals surface area contributed by atoms with Crippen LogP contribution in [0.1, 0.15) is 24.8 Å². The van der Waals surface area contributed by atoms with Crippen LogP contribution in [-0.4, -0.2) is 44.8 Å². The lowest BCUT2D eigenvalue weighted by atomic mass is 9.94. The molecule has 5 rings (SSSR count). The van der Waals surface area contributed by atoms with Crippen molar-refractivity contribution in [1.82, 2.24) is 25.1 Å². The number of hydrogen-bond acceptors (Lipinski definition) is 5. The molecule has 0 bridgehead atoms. The fourth-order valence-corrected chi connectivity index (χ4v) is 3.84. The number of nitrogens with zero attached hydrogens (tertiary/aromatic N) is 5. The molecule has 1 saturated heterocycles. The number of anilines is 1. The molecule has 1 aliphatic heterocycles. The third-order valence-electron chi connectivity index (χ3n) is 5.58. The first-order chi connectivity index (χ1) is 13.1. The number of carbonyl (C=O) groups excluding carboxylic acids is 1. The van der Waals surface area contributed by atoms with Crippen LogP contribution in [-0.2, 0) is 10.2 Å². The van der Waals surface area contributed by atoms with Gasteiger partial charge in [-0.3, -0.25) is 4.79 Å².